The third-order valence-electron chi connectivity index (χ3n) is 3.79. The molecule has 1 aliphatic heterocycles. The number of anilines is 1. The molecule has 3 heterocycles. The van der Waals surface area contributed by atoms with Crippen molar-refractivity contribution in [2.24, 2.45) is 5.92 Å². The number of rotatable bonds is 3. The van der Waals surface area contributed by atoms with Gasteiger partial charge in [-0.1, -0.05) is 0 Å². The largest absolute Gasteiger partial charge is 0.435 e. The standard InChI is InChI=1S/C14H13F4N5O/c1-8-12(15)13(20-7-19-8)22-4-9(5-22)6-23-11(24)3-2-10(21-23)14(16,17)18/h2-3,7,9H,4-6H2,1H3. The molecule has 24 heavy (non-hydrogen) atoms. The topological polar surface area (TPSA) is 63.9 Å². The van der Waals surface area contributed by atoms with Crippen LogP contribution in [0.3, 0.4) is 0 Å². The Hall–Kier alpha value is -2.52. The van der Waals surface area contributed by atoms with E-state index in [0.717, 1.165) is 10.7 Å². The van der Waals surface area contributed by atoms with E-state index in [4.69, 9.17) is 0 Å². The minimum atomic E-state index is -4.61. The van der Waals surface area contributed by atoms with Gasteiger partial charge < -0.3 is 4.90 Å². The van der Waals surface area contributed by atoms with E-state index < -0.39 is 23.2 Å². The first-order chi connectivity index (χ1) is 11.3. The summed E-state index contributed by atoms with van der Waals surface area (Å²) in [7, 11) is 0. The van der Waals surface area contributed by atoms with Crippen LogP contribution in [0.2, 0.25) is 0 Å². The smallest absolute Gasteiger partial charge is 0.353 e. The van der Waals surface area contributed by atoms with Crippen molar-refractivity contribution < 1.29 is 17.6 Å². The minimum absolute atomic E-state index is 0.0327. The molecule has 1 saturated heterocycles. The zero-order valence-electron chi connectivity index (χ0n) is 12.6. The van der Waals surface area contributed by atoms with Crippen LogP contribution in [0.15, 0.2) is 23.3 Å². The lowest BCUT2D eigenvalue weighted by Gasteiger charge is -2.40. The van der Waals surface area contributed by atoms with Gasteiger partial charge in [0.25, 0.3) is 5.56 Å². The molecule has 0 aromatic carbocycles. The summed E-state index contributed by atoms with van der Waals surface area (Å²) in [5, 5.41) is 3.36. The number of hydrogen-bond acceptors (Lipinski definition) is 5. The van der Waals surface area contributed by atoms with E-state index in [0.29, 0.717) is 19.2 Å². The first kappa shape index (κ1) is 16.3. The minimum Gasteiger partial charge on any atom is -0.353 e. The van der Waals surface area contributed by atoms with Crippen molar-refractivity contribution in [1.29, 1.82) is 0 Å². The van der Waals surface area contributed by atoms with Gasteiger partial charge >= 0.3 is 6.18 Å². The van der Waals surface area contributed by atoms with Crippen LogP contribution in [0.1, 0.15) is 11.4 Å². The van der Waals surface area contributed by atoms with E-state index in [9.17, 15) is 22.4 Å². The van der Waals surface area contributed by atoms with Crippen molar-refractivity contribution >= 4 is 5.82 Å². The Balaban J connectivity index is 1.70. The molecule has 0 bridgehead atoms. The molecule has 1 fully saturated rings. The summed E-state index contributed by atoms with van der Waals surface area (Å²) in [5.41, 5.74) is -1.50. The van der Waals surface area contributed by atoms with Crippen LogP contribution in [0.25, 0.3) is 0 Å². The third-order valence-corrected chi connectivity index (χ3v) is 3.79. The Morgan fingerprint density at radius 1 is 1.25 bits per heavy atom. The number of aromatic nitrogens is 4. The third kappa shape index (κ3) is 3.08. The maximum absolute atomic E-state index is 13.9. The summed E-state index contributed by atoms with van der Waals surface area (Å²) in [4.78, 5) is 20.9. The predicted molar refractivity (Wildman–Crippen MR) is 75.9 cm³/mol. The Labute approximate surface area is 133 Å². The molecule has 2 aromatic heterocycles. The lowest BCUT2D eigenvalue weighted by Crippen LogP contribution is -2.50. The zero-order valence-corrected chi connectivity index (χ0v) is 12.6. The maximum Gasteiger partial charge on any atom is 0.435 e. The van der Waals surface area contributed by atoms with Gasteiger partial charge in [-0.15, -0.1) is 0 Å². The van der Waals surface area contributed by atoms with Gasteiger partial charge in [-0.3, -0.25) is 4.79 Å². The number of hydrogen-bond donors (Lipinski definition) is 0. The van der Waals surface area contributed by atoms with E-state index in [1.165, 1.54) is 13.3 Å². The monoisotopic (exact) mass is 343 g/mol. The summed E-state index contributed by atoms with van der Waals surface area (Å²) >= 11 is 0. The lowest BCUT2D eigenvalue weighted by atomic mass is 10.00. The van der Waals surface area contributed by atoms with Crippen molar-refractivity contribution in [3.63, 3.8) is 0 Å². The summed E-state index contributed by atoms with van der Waals surface area (Å²) < 4.78 is 52.7. The molecule has 0 aliphatic carbocycles. The fourth-order valence-corrected chi connectivity index (χ4v) is 2.50. The quantitative estimate of drug-likeness (QED) is 0.793. The van der Waals surface area contributed by atoms with Crippen molar-refractivity contribution in [2.45, 2.75) is 19.6 Å². The molecule has 0 unspecified atom stereocenters. The lowest BCUT2D eigenvalue weighted by molar-refractivity contribution is -0.142. The van der Waals surface area contributed by atoms with Crippen LogP contribution in [-0.4, -0.2) is 32.8 Å². The molecule has 0 radical (unpaired) electrons. The summed E-state index contributed by atoms with van der Waals surface area (Å²) in [6, 6.07) is 1.50. The average Bonchev–Trinajstić information content (AvgIpc) is 2.46. The number of aryl methyl sites for hydroxylation is 1. The second-order valence-corrected chi connectivity index (χ2v) is 5.60. The van der Waals surface area contributed by atoms with Gasteiger partial charge in [0, 0.05) is 25.1 Å². The second kappa shape index (κ2) is 5.84. The van der Waals surface area contributed by atoms with E-state index in [2.05, 4.69) is 15.1 Å². The molecule has 3 rings (SSSR count). The Bertz CT molecular complexity index is 814. The molecule has 0 saturated carbocycles. The molecule has 0 N–H and O–H groups in total. The molecule has 2 aromatic rings. The molecular weight excluding hydrogens is 330 g/mol. The van der Waals surface area contributed by atoms with Crippen LogP contribution in [0.4, 0.5) is 23.4 Å². The van der Waals surface area contributed by atoms with Gasteiger partial charge in [0.2, 0.25) is 0 Å². The van der Waals surface area contributed by atoms with Crippen molar-refractivity contribution in [2.75, 3.05) is 18.0 Å². The average molecular weight is 343 g/mol. The molecule has 128 valence electrons. The molecule has 0 spiro atoms. The number of nitrogens with zero attached hydrogens (tertiary/aromatic N) is 5. The van der Waals surface area contributed by atoms with Gasteiger partial charge in [-0.05, 0) is 13.0 Å². The van der Waals surface area contributed by atoms with Crippen LogP contribution >= 0.6 is 0 Å². The SMILES string of the molecule is Cc1ncnc(N2CC(Cn3nc(C(F)(F)F)ccc3=O)C2)c1F. The highest BCUT2D eigenvalue weighted by atomic mass is 19.4. The maximum atomic E-state index is 13.9. The summed E-state index contributed by atoms with van der Waals surface area (Å²) in [5.74, 6) is -0.484. The van der Waals surface area contributed by atoms with Crippen LogP contribution in [0.5, 0.6) is 0 Å². The fourth-order valence-electron chi connectivity index (χ4n) is 2.50. The van der Waals surface area contributed by atoms with Gasteiger partial charge in [-0.2, -0.15) is 18.3 Å². The molecular formula is C14H13F4N5O. The van der Waals surface area contributed by atoms with Crippen LogP contribution < -0.4 is 10.5 Å². The Morgan fingerprint density at radius 3 is 2.62 bits per heavy atom. The Kier molecular flexibility index (Phi) is 3.98. The highest BCUT2D eigenvalue weighted by Gasteiger charge is 2.34. The van der Waals surface area contributed by atoms with Gasteiger partial charge in [0.15, 0.2) is 17.3 Å². The van der Waals surface area contributed by atoms with Crippen molar-refractivity contribution in [1.82, 2.24) is 19.7 Å². The second-order valence-electron chi connectivity index (χ2n) is 5.60. The zero-order chi connectivity index (χ0) is 17.5. The van der Waals surface area contributed by atoms with Gasteiger partial charge in [0.05, 0.1) is 12.2 Å². The first-order valence-electron chi connectivity index (χ1n) is 7.13. The molecule has 0 atom stereocenters. The van der Waals surface area contributed by atoms with Crippen LogP contribution in [-0.2, 0) is 12.7 Å². The first-order valence-corrected chi connectivity index (χ1v) is 7.13. The normalized spacial score (nSPS) is 15.5. The van der Waals surface area contributed by atoms with Gasteiger partial charge in [0.1, 0.15) is 6.33 Å². The number of alkyl halides is 3. The van der Waals surface area contributed by atoms with E-state index in [-0.39, 0.29) is 24.0 Å². The van der Waals surface area contributed by atoms with E-state index in [1.807, 2.05) is 0 Å². The molecule has 6 nitrogen and oxygen atoms in total. The predicted octanol–water partition coefficient (Wildman–Crippen LogP) is 1.64. The summed E-state index contributed by atoms with van der Waals surface area (Å²) in [6.45, 7) is 2.30. The van der Waals surface area contributed by atoms with Crippen LogP contribution in [0, 0.1) is 18.7 Å². The summed E-state index contributed by atoms with van der Waals surface area (Å²) in [6.07, 6.45) is -3.36. The van der Waals surface area contributed by atoms with E-state index >= 15 is 0 Å². The number of halogens is 4. The van der Waals surface area contributed by atoms with Crippen molar-refractivity contribution in [3.05, 3.63) is 46.0 Å². The fraction of sp³-hybridized carbons (Fsp3) is 0.429. The Morgan fingerprint density at radius 2 is 1.96 bits per heavy atom. The van der Waals surface area contributed by atoms with Crippen molar-refractivity contribution in [3.8, 4) is 0 Å². The highest BCUT2D eigenvalue weighted by molar-refractivity contribution is 5.43. The molecule has 10 heteroatoms. The van der Waals surface area contributed by atoms with Gasteiger partial charge in [-0.25, -0.2) is 19.0 Å². The highest BCUT2D eigenvalue weighted by Crippen LogP contribution is 2.28. The van der Waals surface area contributed by atoms with E-state index in [1.54, 1.807) is 4.90 Å². The molecule has 1 aliphatic rings. The molecule has 0 amide bonds.